The predicted octanol–water partition coefficient (Wildman–Crippen LogP) is 1.69. The van der Waals surface area contributed by atoms with Crippen LogP contribution in [0, 0.1) is 0 Å². The fraction of sp³-hybridized carbons (Fsp3) is 0.222. The molecule has 1 aliphatic heterocycles. The lowest BCUT2D eigenvalue weighted by molar-refractivity contribution is -0.233. The Hall–Kier alpha value is -1.81. The van der Waals surface area contributed by atoms with Gasteiger partial charge < -0.3 is 14.6 Å². The molecule has 1 aliphatic rings. The van der Waals surface area contributed by atoms with Gasteiger partial charge in [0, 0.05) is 29.4 Å². The third kappa shape index (κ3) is 2.47. The molecule has 8 heteroatoms. The summed E-state index contributed by atoms with van der Waals surface area (Å²) >= 11 is 0. The molecule has 7 nitrogen and oxygen atoms in total. The maximum atomic E-state index is 10.9. The second-order valence-corrected chi connectivity index (χ2v) is 5.10. The van der Waals surface area contributed by atoms with E-state index in [1.54, 1.807) is 28.9 Å². The molecule has 0 amide bonds. The molecule has 0 bridgehead atoms. The molecule has 1 aromatic rings. The number of hydrogen-bond donors (Lipinski definition) is 1. The first-order valence-corrected chi connectivity index (χ1v) is 6.19. The summed E-state index contributed by atoms with van der Waals surface area (Å²) in [6, 6.07) is 6.76. The zero-order valence-corrected chi connectivity index (χ0v) is 9.67. The Kier molecular flexibility index (Phi) is 3.44. The van der Waals surface area contributed by atoms with Crippen molar-refractivity contribution in [2.45, 2.75) is 0 Å². The van der Waals surface area contributed by atoms with Crippen molar-refractivity contribution in [1.82, 2.24) is 5.09 Å². The van der Waals surface area contributed by atoms with Gasteiger partial charge in [0.05, 0.1) is 0 Å². The summed E-state index contributed by atoms with van der Waals surface area (Å²) in [6.07, 6.45) is 0. The molecule has 0 aromatic heterocycles. The van der Waals surface area contributed by atoms with Crippen molar-refractivity contribution in [2.24, 2.45) is 5.11 Å². The number of carbonyl (C=O) groups excluding carboxylic acids is 1. The van der Waals surface area contributed by atoms with Gasteiger partial charge in [0.1, 0.15) is 13.9 Å². The molecule has 17 heavy (non-hydrogen) atoms. The van der Waals surface area contributed by atoms with E-state index in [9.17, 15) is 9.90 Å². The van der Waals surface area contributed by atoms with E-state index < -0.39 is 13.9 Å². The predicted molar refractivity (Wildman–Crippen MR) is 62.9 cm³/mol. The monoisotopic (exact) mass is 250 g/mol. The Balaban J connectivity index is 2.22. The summed E-state index contributed by atoms with van der Waals surface area (Å²) in [6.45, 7) is 1.25. The second-order valence-electron chi connectivity index (χ2n) is 3.31. The number of carbonyl (C=O) groups is 1. The summed E-state index contributed by atoms with van der Waals surface area (Å²) < 4.78 is 1.75. The number of benzene rings is 1. The van der Waals surface area contributed by atoms with Crippen molar-refractivity contribution in [3.63, 3.8) is 0 Å². The first-order chi connectivity index (χ1) is 8.22. The fourth-order valence-electron chi connectivity index (χ4n) is 1.60. The lowest BCUT2D eigenvalue weighted by atomic mass is 10.3. The normalized spacial score (nSPS) is 18.8. The molecule has 0 saturated carbocycles. The van der Waals surface area contributed by atoms with Crippen LogP contribution in [0.1, 0.15) is 0 Å². The molecule has 1 unspecified atom stereocenters. The molecule has 1 saturated heterocycles. The van der Waals surface area contributed by atoms with Crippen LogP contribution in [0.15, 0.2) is 29.4 Å². The van der Waals surface area contributed by atoms with E-state index in [0.29, 0.717) is 18.8 Å². The van der Waals surface area contributed by atoms with Crippen LogP contribution in [-0.4, -0.2) is 18.8 Å². The average molecular weight is 250 g/mol. The molecular weight excluding hydrogens is 241 g/mol. The van der Waals surface area contributed by atoms with E-state index in [4.69, 9.17) is 5.53 Å². The van der Waals surface area contributed by atoms with Crippen molar-refractivity contribution < 1.29 is 9.90 Å². The smallest absolute Gasteiger partial charge is 0.114 e. The molecule has 2 rings (SSSR count). The molecule has 0 aliphatic carbocycles. The van der Waals surface area contributed by atoms with Crippen LogP contribution in [0.25, 0.3) is 10.4 Å². The molecule has 1 atom stereocenters. The number of nitrogens with zero attached hydrogens (tertiary/aromatic N) is 4. The minimum absolute atomic E-state index is 0.501. The molecule has 1 aromatic carbocycles. The van der Waals surface area contributed by atoms with E-state index in [0.717, 1.165) is 5.69 Å². The van der Waals surface area contributed by atoms with E-state index in [2.05, 4.69) is 15.1 Å². The van der Waals surface area contributed by atoms with Crippen LogP contribution in [0.5, 0.6) is 0 Å². The zero-order valence-electron chi connectivity index (χ0n) is 8.78. The highest BCUT2D eigenvalue weighted by molar-refractivity contribution is 7.73. The van der Waals surface area contributed by atoms with Crippen LogP contribution in [0.3, 0.4) is 0 Å². The van der Waals surface area contributed by atoms with E-state index in [-0.39, 0.29) is 0 Å². The van der Waals surface area contributed by atoms with Gasteiger partial charge in [-0.05, 0) is 17.7 Å². The number of anilines is 1. The summed E-state index contributed by atoms with van der Waals surface area (Å²) in [5.41, 5.74) is 8.46. The van der Waals surface area contributed by atoms with Gasteiger partial charge in [-0.2, -0.15) is 0 Å². The van der Waals surface area contributed by atoms with Crippen molar-refractivity contribution in [1.29, 1.82) is 0 Å². The fourth-order valence-corrected chi connectivity index (χ4v) is 3.07. The van der Waals surface area contributed by atoms with E-state index in [1.165, 1.54) is 0 Å². The van der Waals surface area contributed by atoms with Crippen molar-refractivity contribution in [3.8, 4) is 0 Å². The minimum Gasteiger partial charge on any atom is -0.542 e. The Labute approximate surface area is 98.5 Å². The molecule has 88 valence electrons. The molecule has 0 radical (unpaired) electrons. The Morgan fingerprint density at radius 2 is 2.24 bits per heavy atom. The number of hydrogen-bond acceptors (Lipinski definition) is 5. The standard InChI is InChI=1S/C9H10N5O2P/c10-13-12-7-1-3-8(4-2-7)14-6-5-11-17(14)9(15)16/h1-4,11H,5-6H2,(H,15,16)/p-1. The lowest BCUT2D eigenvalue weighted by Gasteiger charge is -2.26. The van der Waals surface area contributed by atoms with Crippen LogP contribution < -0.4 is 14.9 Å². The third-order valence-electron chi connectivity index (χ3n) is 2.31. The van der Waals surface area contributed by atoms with E-state index in [1.807, 2.05) is 0 Å². The molecule has 0 spiro atoms. The van der Waals surface area contributed by atoms with Gasteiger partial charge in [0.25, 0.3) is 0 Å². The maximum Gasteiger partial charge on any atom is 0.114 e. The summed E-state index contributed by atoms with van der Waals surface area (Å²) in [5, 5.41) is 17.2. The Bertz CT molecular complexity index is 471. The third-order valence-corrected chi connectivity index (χ3v) is 4.09. The highest BCUT2D eigenvalue weighted by Gasteiger charge is 2.25. The molecular formula is C9H9N5O2P-. The topological polar surface area (TPSA) is 104 Å². The summed E-state index contributed by atoms with van der Waals surface area (Å²) in [7, 11) is -1.48. The van der Waals surface area contributed by atoms with Gasteiger partial charge in [0.2, 0.25) is 0 Å². The second kappa shape index (κ2) is 5.01. The van der Waals surface area contributed by atoms with Crippen LogP contribution >= 0.6 is 8.22 Å². The summed E-state index contributed by atoms with van der Waals surface area (Å²) in [4.78, 5) is 13.6. The number of rotatable bonds is 3. The molecule has 1 heterocycles. The van der Waals surface area contributed by atoms with Crippen molar-refractivity contribution in [3.05, 3.63) is 34.7 Å². The van der Waals surface area contributed by atoms with Gasteiger partial charge >= 0.3 is 0 Å². The first-order valence-electron chi connectivity index (χ1n) is 4.89. The lowest BCUT2D eigenvalue weighted by Crippen LogP contribution is -2.27. The van der Waals surface area contributed by atoms with Gasteiger partial charge in [0.15, 0.2) is 0 Å². The maximum absolute atomic E-state index is 10.9. The van der Waals surface area contributed by atoms with Crippen molar-refractivity contribution in [2.75, 3.05) is 17.8 Å². The van der Waals surface area contributed by atoms with Gasteiger partial charge in [-0.1, -0.05) is 17.2 Å². The number of nitrogens with one attached hydrogen (secondary N) is 1. The van der Waals surface area contributed by atoms with Crippen LogP contribution in [0.4, 0.5) is 16.2 Å². The molecule has 1 fully saturated rings. The number of azide groups is 1. The summed E-state index contributed by atoms with van der Waals surface area (Å²) in [5.74, 6) is 0. The SMILES string of the molecule is [N-]=[N+]=Nc1ccc(N2CCNP2C(=O)[O-])cc1. The van der Waals surface area contributed by atoms with Gasteiger partial charge in [-0.3, -0.25) is 5.09 Å². The van der Waals surface area contributed by atoms with Gasteiger partial charge in [-0.15, -0.1) is 0 Å². The highest BCUT2D eigenvalue weighted by Crippen LogP contribution is 2.42. The van der Waals surface area contributed by atoms with E-state index >= 15 is 0 Å². The quantitative estimate of drug-likeness (QED) is 0.381. The highest BCUT2D eigenvalue weighted by atomic mass is 31.1. The minimum atomic E-state index is -1.48. The first kappa shape index (κ1) is 11.7. The Morgan fingerprint density at radius 1 is 1.53 bits per heavy atom. The number of carboxylic acid groups (broad SMARTS) is 1. The zero-order chi connectivity index (χ0) is 12.3. The Morgan fingerprint density at radius 3 is 2.82 bits per heavy atom. The van der Waals surface area contributed by atoms with Crippen LogP contribution in [0.2, 0.25) is 0 Å². The largest absolute Gasteiger partial charge is 0.542 e. The van der Waals surface area contributed by atoms with Gasteiger partial charge in [-0.25, -0.2) is 0 Å². The molecule has 1 N–H and O–H groups in total. The van der Waals surface area contributed by atoms with Crippen LogP contribution in [-0.2, 0) is 0 Å². The van der Waals surface area contributed by atoms with Crippen molar-refractivity contribution >= 4 is 25.3 Å². The average Bonchev–Trinajstić information content (AvgIpc) is 2.79.